The van der Waals surface area contributed by atoms with Crippen LogP contribution in [0.5, 0.6) is 6.01 Å². The second kappa shape index (κ2) is 6.15. The summed E-state index contributed by atoms with van der Waals surface area (Å²) in [6, 6.07) is 2.34. The van der Waals surface area contributed by atoms with E-state index in [9.17, 15) is 0 Å². The molecule has 2 rings (SSSR count). The third kappa shape index (κ3) is 3.20. The van der Waals surface area contributed by atoms with Crippen molar-refractivity contribution in [3.63, 3.8) is 0 Å². The third-order valence-electron chi connectivity index (χ3n) is 2.61. The molecule has 0 aromatic carbocycles. The molecule has 1 N–H and O–H groups in total. The minimum Gasteiger partial charge on any atom is -0.467 e. The number of anilines is 2. The fourth-order valence-electron chi connectivity index (χ4n) is 1.72. The van der Waals surface area contributed by atoms with Gasteiger partial charge in [0.25, 0.3) is 0 Å². The minimum atomic E-state index is -0.459. The van der Waals surface area contributed by atoms with Gasteiger partial charge in [-0.15, -0.1) is 0 Å². The summed E-state index contributed by atoms with van der Waals surface area (Å²) in [5.74, 6) is 0.954. The van der Waals surface area contributed by atoms with Gasteiger partial charge in [-0.05, 0) is 6.92 Å². The maximum Gasteiger partial charge on any atom is 0.322 e. The maximum atomic E-state index is 8.90. The SMILES string of the molecule is CCNc1nc(OC)nc(N2CCOC(C#N)C2)n1. The largest absolute Gasteiger partial charge is 0.467 e. The second-order valence-electron chi connectivity index (χ2n) is 3.91. The lowest BCUT2D eigenvalue weighted by Crippen LogP contribution is -2.42. The van der Waals surface area contributed by atoms with E-state index in [2.05, 4.69) is 26.3 Å². The monoisotopic (exact) mass is 264 g/mol. The number of nitrogens with one attached hydrogen (secondary N) is 1. The standard InChI is InChI=1S/C11H16N6O2/c1-3-13-9-14-10(16-11(15-9)18-2)17-4-5-19-8(6-12)7-17/h8H,3-5,7H2,1-2H3,(H,13,14,15,16). The zero-order valence-electron chi connectivity index (χ0n) is 11.0. The quantitative estimate of drug-likeness (QED) is 0.814. The van der Waals surface area contributed by atoms with Gasteiger partial charge < -0.3 is 19.7 Å². The van der Waals surface area contributed by atoms with Crippen molar-refractivity contribution in [3.05, 3.63) is 0 Å². The molecule has 19 heavy (non-hydrogen) atoms. The van der Waals surface area contributed by atoms with Crippen LogP contribution in [0, 0.1) is 11.3 Å². The average molecular weight is 264 g/mol. The summed E-state index contributed by atoms with van der Waals surface area (Å²) in [6.45, 7) is 4.21. The van der Waals surface area contributed by atoms with E-state index in [1.54, 1.807) is 0 Å². The van der Waals surface area contributed by atoms with Crippen molar-refractivity contribution < 1.29 is 9.47 Å². The van der Waals surface area contributed by atoms with Gasteiger partial charge in [-0.2, -0.15) is 20.2 Å². The van der Waals surface area contributed by atoms with E-state index in [-0.39, 0.29) is 6.01 Å². The van der Waals surface area contributed by atoms with Crippen LogP contribution in [-0.2, 0) is 4.74 Å². The van der Waals surface area contributed by atoms with Crippen LogP contribution in [0.1, 0.15) is 6.92 Å². The van der Waals surface area contributed by atoms with Gasteiger partial charge in [0, 0.05) is 13.1 Å². The second-order valence-corrected chi connectivity index (χ2v) is 3.91. The van der Waals surface area contributed by atoms with Crippen LogP contribution in [0.15, 0.2) is 0 Å². The summed E-state index contributed by atoms with van der Waals surface area (Å²) in [5.41, 5.74) is 0. The van der Waals surface area contributed by atoms with Crippen LogP contribution >= 0.6 is 0 Å². The van der Waals surface area contributed by atoms with Gasteiger partial charge in [-0.1, -0.05) is 0 Å². The number of rotatable bonds is 4. The minimum absolute atomic E-state index is 0.251. The first-order chi connectivity index (χ1) is 9.26. The van der Waals surface area contributed by atoms with E-state index in [0.717, 1.165) is 0 Å². The van der Waals surface area contributed by atoms with E-state index in [1.807, 2.05) is 11.8 Å². The molecule has 0 aliphatic carbocycles. The zero-order chi connectivity index (χ0) is 13.7. The number of aromatic nitrogens is 3. The first kappa shape index (κ1) is 13.3. The Balaban J connectivity index is 2.22. The molecule has 1 unspecified atom stereocenters. The topological polar surface area (TPSA) is 96.2 Å². The number of nitriles is 1. The number of hydrogen-bond acceptors (Lipinski definition) is 8. The Kier molecular flexibility index (Phi) is 4.30. The third-order valence-corrected chi connectivity index (χ3v) is 2.61. The lowest BCUT2D eigenvalue weighted by Gasteiger charge is -2.29. The number of methoxy groups -OCH3 is 1. The average Bonchev–Trinajstić information content (AvgIpc) is 2.47. The van der Waals surface area contributed by atoms with Gasteiger partial charge in [0.1, 0.15) is 0 Å². The molecule has 0 bridgehead atoms. The summed E-state index contributed by atoms with van der Waals surface area (Å²) in [5, 5.41) is 11.9. The van der Waals surface area contributed by atoms with Crippen LogP contribution in [0.25, 0.3) is 0 Å². The highest BCUT2D eigenvalue weighted by atomic mass is 16.5. The molecular formula is C11H16N6O2. The van der Waals surface area contributed by atoms with Gasteiger partial charge in [-0.25, -0.2) is 0 Å². The van der Waals surface area contributed by atoms with Crippen LogP contribution in [0.4, 0.5) is 11.9 Å². The van der Waals surface area contributed by atoms with Gasteiger partial charge in [0.2, 0.25) is 11.9 Å². The zero-order valence-corrected chi connectivity index (χ0v) is 11.0. The normalized spacial score (nSPS) is 18.8. The van der Waals surface area contributed by atoms with Crippen LogP contribution in [0.2, 0.25) is 0 Å². The Hall–Kier alpha value is -2.14. The van der Waals surface area contributed by atoms with Crippen molar-refractivity contribution in [1.29, 1.82) is 5.26 Å². The molecule has 1 aromatic rings. The Morgan fingerprint density at radius 2 is 2.37 bits per heavy atom. The highest BCUT2D eigenvalue weighted by molar-refractivity contribution is 5.39. The predicted molar refractivity (Wildman–Crippen MR) is 68.1 cm³/mol. The molecule has 1 aliphatic rings. The van der Waals surface area contributed by atoms with Crippen molar-refractivity contribution >= 4 is 11.9 Å². The number of morpholine rings is 1. The molecule has 1 aromatic heterocycles. The van der Waals surface area contributed by atoms with Crippen molar-refractivity contribution in [1.82, 2.24) is 15.0 Å². The summed E-state index contributed by atoms with van der Waals surface area (Å²) < 4.78 is 10.4. The molecule has 1 saturated heterocycles. The van der Waals surface area contributed by atoms with E-state index in [0.29, 0.717) is 38.1 Å². The Morgan fingerprint density at radius 3 is 3.05 bits per heavy atom. The molecule has 0 amide bonds. The highest BCUT2D eigenvalue weighted by Crippen LogP contribution is 2.17. The predicted octanol–water partition coefficient (Wildman–Crippen LogP) is 0.0408. The first-order valence-corrected chi connectivity index (χ1v) is 6.07. The molecule has 1 aliphatic heterocycles. The summed E-state index contributed by atoms with van der Waals surface area (Å²) in [6.07, 6.45) is -0.459. The molecule has 8 nitrogen and oxygen atoms in total. The molecule has 1 fully saturated rings. The van der Waals surface area contributed by atoms with E-state index >= 15 is 0 Å². The van der Waals surface area contributed by atoms with Crippen molar-refractivity contribution in [2.24, 2.45) is 0 Å². The van der Waals surface area contributed by atoms with Crippen molar-refractivity contribution in [3.8, 4) is 12.1 Å². The van der Waals surface area contributed by atoms with E-state index in [4.69, 9.17) is 14.7 Å². The summed E-state index contributed by atoms with van der Waals surface area (Å²) in [7, 11) is 1.51. The Bertz CT molecular complexity index is 475. The van der Waals surface area contributed by atoms with Crippen LogP contribution in [-0.4, -0.2) is 54.4 Å². The molecule has 8 heteroatoms. The lowest BCUT2D eigenvalue weighted by atomic mass is 10.3. The van der Waals surface area contributed by atoms with Gasteiger partial charge in [0.05, 0.1) is 26.3 Å². The Morgan fingerprint density at radius 1 is 1.53 bits per heavy atom. The molecule has 2 heterocycles. The van der Waals surface area contributed by atoms with Crippen molar-refractivity contribution in [2.75, 3.05) is 43.6 Å². The molecule has 1 atom stereocenters. The van der Waals surface area contributed by atoms with E-state index < -0.39 is 6.10 Å². The number of nitrogens with zero attached hydrogens (tertiary/aromatic N) is 5. The fraction of sp³-hybridized carbons (Fsp3) is 0.636. The highest BCUT2D eigenvalue weighted by Gasteiger charge is 2.23. The van der Waals surface area contributed by atoms with E-state index in [1.165, 1.54) is 7.11 Å². The molecule has 0 saturated carbocycles. The maximum absolute atomic E-state index is 8.90. The van der Waals surface area contributed by atoms with Crippen LogP contribution < -0.4 is 15.0 Å². The Labute approximate surface area is 111 Å². The lowest BCUT2D eigenvalue weighted by molar-refractivity contribution is 0.0757. The molecule has 0 radical (unpaired) electrons. The molecule has 102 valence electrons. The molecule has 0 spiro atoms. The van der Waals surface area contributed by atoms with Gasteiger partial charge >= 0.3 is 6.01 Å². The van der Waals surface area contributed by atoms with Gasteiger partial charge in [0.15, 0.2) is 6.10 Å². The summed E-state index contributed by atoms with van der Waals surface area (Å²) >= 11 is 0. The van der Waals surface area contributed by atoms with Crippen LogP contribution in [0.3, 0.4) is 0 Å². The number of ether oxygens (including phenoxy) is 2. The number of hydrogen-bond donors (Lipinski definition) is 1. The molecular weight excluding hydrogens is 248 g/mol. The van der Waals surface area contributed by atoms with Crippen molar-refractivity contribution in [2.45, 2.75) is 13.0 Å². The first-order valence-electron chi connectivity index (χ1n) is 6.07. The smallest absolute Gasteiger partial charge is 0.322 e. The summed E-state index contributed by atoms with van der Waals surface area (Å²) in [4.78, 5) is 14.5. The fourth-order valence-corrected chi connectivity index (χ4v) is 1.72. The van der Waals surface area contributed by atoms with Gasteiger partial charge in [-0.3, -0.25) is 0 Å².